The van der Waals surface area contributed by atoms with Gasteiger partial charge in [-0.15, -0.1) is 35.7 Å². The predicted octanol–water partition coefficient (Wildman–Crippen LogP) is 7.06. The Morgan fingerprint density at radius 2 is 1.63 bits per heavy atom. The number of aromatic nitrogens is 5. The summed E-state index contributed by atoms with van der Waals surface area (Å²) in [5.74, 6) is 1.80. The molecule has 0 saturated heterocycles. The molecule has 0 aliphatic heterocycles. The minimum atomic E-state index is -0.0965. The summed E-state index contributed by atoms with van der Waals surface area (Å²) in [6.45, 7) is 10.5. The van der Waals surface area contributed by atoms with Crippen molar-refractivity contribution in [1.29, 1.82) is 0 Å². The van der Waals surface area contributed by atoms with Gasteiger partial charge in [0, 0.05) is 34.3 Å². The average molecular weight is 681 g/mol. The first-order valence-corrected chi connectivity index (χ1v) is 12.3. The third-order valence-corrected chi connectivity index (χ3v) is 6.38. The van der Waals surface area contributed by atoms with Crippen LogP contribution in [-0.2, 0) is 26.5 Å². The molecule has 0 unspecified atom stereocenters. The van der Waals surface area contributed by atoms with E-state index in [1.165, 1.54) is 0 Å². The summed E-state index contributed by atoms with van der Waals surface area (Å²) >= 11 is 0. The standard InChI is InChI=1S/C31H27N5O.Pt/c1-20-17-21(2)36(34-20)22-9-8-10-23(18-22)37-24-13-14-26-25-11-6-7-12-27(25)35(28(26)19-24)30-32-16-15-29(33-30)31(3,4)5;/h6-17H,1-5H3;/q-2;+4. The molecule has 0 aliphatic rings. The molecule has 6 rings (SSSR count). The predicted molar refractivity (Wildman–Crippen MR) is 146 cm³/mol. The van der Waals surface area contributed by atoms with Gasteiger partial charge in [0.05, 0.1) is 11.4 Å². The molecule has 6 nitrogen and oxygen atoms in total. The van der Waals surface area contributed by atoms with Gasteiger partial charge in [-0.2, -0.15) is 17.2 Å². The van der Waals surface area contributed by atoms with Crippen molar-refractivity contribution in [2.45, 2.75) is 40.0 Å². The van der Waals surface area contributed by atoms with Crippen molar-refractivity contribution in [3.05, 3.63) is 102 Å². The minimum absolute atomic E-state index is 0. The Balaban J connectivity index is 0.00000294. The molecule has 190 valence electrons. The van der Waals surface area contributed by atoms with E-state index in [1.54, 1.807) is 0 Å². The smallest absolute Gasteiger partial charge is 0.509 e. The van der Waals surface area contributed by atoms with Crippen LogP contribution in [0.4, 0.5) is 0 Å². The van der Waals surface area contributed by atoms with Crippen molar-refractivity contribution >= 4 is 21.8 Å². The van der Waals surface area contributed by atoms with E-state index in [9.17, 15) is 0 Å². The number of fused-ring (bicyclic) bond motifs is 3. The molecular formula is C31H27N5OPt+2. The van der Waals surface area contributed by atoms with E-state index in [4.69, 9.17) is 9.72 Å². The molecule has 3 heterocycles. The van der Waals surface area contributed by atoms with Crippen LogP contribution in [-0.4, -0.2) is 24.3 Å². The van der Waals surface area contributed by atoms with E-state index in [0.29, 0.717) is 17.4 Å². The van der Waals surface area contributed by atoms with Crippen molar-refractivity contribution < 1.29 is 25.8 Å². The summed E-state index contributed by atoms with van der Waals surface area (Å²) < 4.78 is 10.2. The third-order valence-electron chi connectivity index (χ3n) is 6.38. The molecule has 7 heteroatoms. The first kappa shape index (κ1) is 25.9. The Morgan fingerprint density at radius 1 is 0.842 bits per heavy atom. The van der Waals surface area contributed by atoms with Crippen LogP contribution in [0, 0.1) is 26.0 Å². The van der Waals surface area contributed by atoms with Gasteiger partial charge >= 0.3 is 21.1 Å². The Morgan fingerprint density at radius 3 is 2.39 bits per heavy atom. The third kappa shape index (κ3) is 4.65. The largest absolute Gasteiger partial charge is 4.00 e. The second kappa shape index (κ2) is 9.84. The van der Waals surface area contributed by atoms with Crippen LogP contribution >= 0.6 is 0 Å². The zero-order chi connectivity index (χ0) is 25.7. The number of ether oxygens (including phenoxy) is 1. The molecule has 3 aromatic heterocycles. The van der Waals surface area contributed by atoms with Gasteiger partial charge in [-0.05, 0) is 43.1 Å². The van der Waals surface area contributed by atoms with Crippen LogP contribution in [0.5, 0.6) is 11.5 Å². The van der Waals surface area contributed by atoms with Crippen LogP contribution < -0.4 is 4.74 Å². The molecule has 6 aromatic rings. The molecule has 0 atom stereocenters. The van der Waals surface area contributed by atoms with Crippen LogP contribution in [0.15, 0.2) is 72.9 Å². The maximum absolute atomic E-state index is 6.25. The summed E-state index contributed by atoms with van der Waals surface area (Å²) in [6.07, 6.45) is 1.82. The number of hydrogen-bond acceptors (Lipinski definition) is 4. The van der Waals surface area contributed by atoms with Gasteiger partial charge < -0.3 is 9.30 Å². The van der Waals surface area contributed by atoms with Crippen molar-refractivity contribution in [1.82, 2.24) is 24.3 Å². The molecule has 0 radical (unpaired) electrons. The van der Waals surface area contributed by atoms with Gasteiger partial charge in [0.15, 0.2) is 0 Å². The maximum Gasteiger partial charge on any atom is 4.00 e. The van der Waals surface area contributed by atoms with Crippen molar-refractivity contribution in [2.24, 2.45) is 0 Å². The summed E-state index contributed by atoms with van der Waals surface area (Å²) in [4.78, 5) is 9.57. The van der Waals surface area contributed by atoms with Crippen LogP contribution in [0.3, 0.4) is 0 Å². The second-order valence-corrected chi connectivity index (χ2v) is 10.3. The first-order valence-electron chi connectivity index (χ1n) is 12.3. The number of benzene rings is 3. The Bertz CT molecular complexity index is 1780. The number of hydrogen-bond donors (Lipinski definition) is 0. The first-order chi connectivity index (χ1) is 17.8. The Hall–Kier alpha value is -3.76. The fourth-order valence-electron chi connectivity index (χ4n) is 4.63. The van der Waals surface area contributed by atoms with Crippen molar-refractivity contribution in [3.63, 3.8) is 0 Å². The van der Waals surface area contributed by atoms with Crippen molar-refractivity contribution in [3.8, 4) is 23.1 Å². The van der Waals surface area contributed by atoms with Gasteiger partial charge in [0.1, 0.15) is 0 Å². The molecule has 0 aliphatic carbocycles. The van der Waals surface area contributed by atoms with E-state index in [-0.39, 0.29) is 26.5 Å². The van der Waals surface area contributed by atoms with Crippen LogP contribution in [0.1, 0.15) is 37.9 Å². The van der Waals surface area contributed by atoms with Crippen LogP contribution in [0.25, 0.3) is 33.4 Å². The average Bonchev–Trinajstić information content (AvgIpc) is 3.39. The number of nitrogens with zero attached hydrogens (tertiary/aromatic N) is 5. The number of rotatable bonds is 4. The van der Waals surface area contributed by atoms with Crippen LogP contribution in [0.2, 0.25) is 0 Å². The molecule has 0 N–H and O–H groups in total. The zero-order valence-corrected chi connectivity index (χ0v) is 24.2. The molecular weight excluding hydrogens is 653 g/mol. The molecule has 0 amide bonds. The Labute approximate surface area is 236 Å². The van der Waals surface area contributed by atoms with Gasteiger partial charge in [-0.25, -0.2) is 9.97 Å². The Kier molecular flexibility index (Phi) is 6.70. The zero-order valence-electron chi connectivity index (χ0n) is 21.9. The molecule has 0 saturated carbocycles. The summed E-state index contributed by atoms with van der Waals surface area (Å²) in [5, 5.41) is 6.75. The maximum atomic E-state index is 6.25. The summed E-state index contributed by atoms with van der Waals surface area (Å²) in [7, 11) is 0. The van der Waals surface area contributed by atoms with E-state index in [1.807, 2.05) is 73.3 Å². The monoisotopic (exact) mass is 680 g/mol. The summed E-state index contributed by atoms with van der Waals surface area (Å²) in [6, 6.07) is 28.9. The molecule has 38 heavy (non-hydrogen) atoms. The van der Waals surface area contributed by atoms with E-state index < -0.39 is 0 Å². The SMILES string of the molecule is Cc1cc(C)n(-c2[c-]c(Oc3[c-]c4c(cc3)c3ccccc3n4-c3nccc(C(C)(C)C)n3)ccc2)n1.[Pt+4]. The molecule has 0 fully saturated rings. The number of aryl methyl sites for hydroxylation is 2. The fraction of sp³-hybridized carbons (Fsp3) is 0.194. The van der Waals surface area contributed by atoms with Gasteiger partial charge in [0.2, 0.25) is 5.95 Å². The second-order valence-electron chi connectivity index (χ2n) is 10.3. The fourth-order valence-corrected chi connectivity index (χ4v) is 4.63. The molecule has 0 spiro atoms. The van der Waals surface area contributed by atoms with Gasteiger partial charge in [-0.1, -0.05) is 44.5 Å². The van der Waals surface area contributed by atoms with E-state index in [2.05, 4.69) is 65.8 Å². The van der Waals surface area contributed by atoms with Gasteiger partial charge in [0.25, 0.3) is 0 Å². The quantitative estimate of drug-likeness (QED) is 0.187. The van der Waals surface area contributed by atoms with Gasteiger partial charge in [-0.3, -0.25) is 4.68 Å². The normalized spacial score (nSPS) is 11.6. The minimum Gasteiger partial charge on any atom is -0.509 e. The number of para-hydroxylation sites is 1. The molecule has 0 bridgehead atoms. The van der Waals surface area contributed by atoms with Crippen molar-refractivity contribution in [2.75, 3.05) is 0 Å². The summed E-state index contributed by atoms with van der Waals surface area (Å²) in [5.41, 5.74) is 5.59. The topological polar surface area (TPSA) is 57.8 Å². The molecule has 3 aromatic carbocycles. The van der Waals surface area contributed by atoms with E-state index >= 15 is 0 Å². The van der Waals surface area contributed by atoms with E-state index in [0.717, 1.165) is 44.6 Å².